The van der Waals surface area contributed by atoms with Crippen LogP contribution in [0.1, 0.15) is 31.2 Å². The standard InChI is InChI=1S/C22H34N6O7S/c23-8-2-1-3-14(24)19(31)28-17(11-36)21(33)26-15(10-18(25)30)20(32)27-16(22(34)35)9-12-4-6-13(29)7-5-12/h4-7,14-17,29,36H,1-3,8-11,23-24H2,(H2,25,30)(H,26,33)(H,27,32)(H,28,31)(H,34,35). The van der Waals surface area contributed by atoms with E-state index in [0.717, 1.165) is 0 Å². The summed E-state index contributed by atoms with van der Waals surface area (Å²) in [4.78, 5) is 61.0. The Labute approximate surface area is 213 Å². The van der Waals surface area contributed by atoms with E-state index in [-0.39, 0.29) is 17.9 Å². The molecule has 11 N–H and O–H groups in total. The summed E-state index contributed by atoms with van der Waals surface area (Å²) in [6.45, 7) is 0.455. The fraction of sp³-hybridized carbons (Fsp3) is 0.500. The lowest BCUT2D eigenvalue weighted by Crippen LogP contribution is -2.58. The second-order valence-corrected chi connectivity index (χ2v) is 8.50. The third-order valence-electron chi connectivity index (χ3n) is 5.15. The fourth-order valence-electron chi connectivity index (χ4n) is 3.14. The zero-order chi connectivity index (χ0) is 27.3. The molecular formula is C22H34N6O7S. The molecule has 4 amide bonds. The van der Waals surface area contributed by atoms with Crippen LogP contribution in [0.5, 0.6) is 5.75 Å². The van der Waals surface area contributed by atoms with Gasteiger partial charge in [0, 0.05) is 12.2 Å². The van der Waals surface area contributed by atoms with Crippen molar-refractivity contribution in [1.82, 2.24) is 16.0 Å². The molecule has 4 atom stereocenters. The van der Waals surface area contributed by atoms with Crippen molar-refractivity contribution < 1.29 is 34.2 Å². The molecule has 0 bridgehead atoms. The average Bonchev–Trinajstić information content (AvgIpc) is 2.82. The van der Waals surface area contributed by atoms with Gasteiger partial charge in [-0.3, -0.25) is 19.2 Å². The van der Waals surface area contributed by atoms with E-state index in [1.807, 2.05) is 0 Å². The van der Waals surface area contributed by atoms with Crippen molar-refractivity contribution >= 4 is 42.2 Å². The van der Waals surface area contributed by atoms with Crippen LogP contribution in [0.15, 0.2) is 24.3 Å². The van der Waals surface area contributed by atoms with Crippen molar-refractivity contribution in [2.75, 3.05) is 12.3 Å². The summed E-state index contributed by atoms with van der Waals surface area (Å²) in [5.41, 5.74) is 17.0. The van der Waals surface area contributed by atoms with E-state index in [9.17, 15) is 34.2 Å². The highest BCUT2D eigenvalue weighted by Crippen LogP contribution is 2.12. The molecule has 0 aliphatic heterocycles. The number of thiol groups is 1. The zero-order valence-electron chi connectivity index (χ0n) is 19.7. The topological polar surface area (TPSA) is 240 Å². The van der Waals surface area contributed by atoms with Crippen LogP contribution in [-0.4, -0.2) is 76.3 Å². The lowest BCUT2D eigenvalue weighted by molar-refractivity contribution is -0.142. The molecule has 13 nitrogen and oxygen atoms in total. The maximum atomic E-state index is 12.8. The normalized spacial score (nSPS) is 14.1. The molecule has 0 saturated heterocycles. The van der Waals surface area contributed by atoms with Gasteiger partial charge in [0.05, 0.1) is 12.5 Å². The van der Waals surface area contributed by atoms with Crippen LogP contribution in [-0.2, 0) is 30.4 Å². The minimum atomic E-state index is -1.51. The van der Waals surface area contributed by atoms with Crippen molar-refractivity contribution in [2.24, 2.45) is 17.2 Å². The van der Waals surface area contributed by atoms with Gasteiger partial charge in [-0.05, 0) is 37.1 Å². The first kappa shape index (κ1) is 30.7. The number of rotatable bonds is 16. The van der Waals surface area contributed by atoms with Crippen LogP contribution in [0.3, 0.4) is 0 Å². The summed E-state index contributed by atoms with van der Waals surface area (Å²) in [7, 11) is 0. The molecule has 36 heavy (non-hydrogen) atoms. The van der Waals surface area contributed by atoms with Crippen molar-refractivity contribution in [2.45, 2.75) is 56.3 Å². The predicted octanol–water partition coefficient (Wildman–Crippen LogP) is -2.26. The van der Waals surface area contributed by atoms with Crippen LogP contribution in [0.4, 0.5) is 0 Å². The van der Waals surface area contributed by atoms with Crippen LogP contribution in [0, 0.1) is 0 Å². The molecule has 0 aliphatic rings. The second-order valence-electron chi connectivity index (χ2n) is 8.14. The summed E-state index contributed by atoms with van der Waals surface area (Å²) >= 11 is 4.05. The van der Waals surface area contributed by atoms with E-state index in [1.54, 1.807) is 0 Å². The number of nitrogens with one attached hydrogen (secondary N) is 3. The predicted molar refractivity (Wildman–Crippen MR) is 134 cm³/mol. The molecule has 0 saturated carbocycles. The van der Waals surface area contributed by atoms with Gasteiger partial charge in [0.25, 0.3) is 0 Å². The molecule has 1 aromatic carbocycles. The summed E-state index contributed by atoms with van der Waals surface area (Å²) in [5.74, 6) is -4.83. The molecule has 0 radical (unpaired) electrons. The summed E-state index contributed by atoms with van der Waals surface area (Å²) in [5, 5.41) is 25.9. The molecular weight excluding hydrogens is 492 g/mol. The number of primary amides is 1. The molecule has 0 aliphatic carbocycles. The van der Waals surface area contributed by atoms with Gasteiger partial charge in [-0.15, -0.1) is 0 Å². The quantitative estimate of drug-likeness (QED) is 0.0832. The highest BCUT2D eigenvalue weighted by atomic mass is 32.1. The molecule has 1 aromatic rings. The van der Waals surface area contributed by atoms with Crippen LogP contribution in [0.25, 0.3) is 0 Å². The van der Waals surface area contributed by atoms with Crippen LogP contribution in [0.2, 0.25) is 0 Å². The average molecular weight is 527 g/mol. The second kappa shape index (κ2) is 15.6. The number of phenols is 1. The third kappa shape index (κ3) is 10.9. The third-order valence-corrected chi connectivity index (χ3v) is 5.52. The number of aliphatic carboxylic acids is 1. The number of hydrogen-bond acceptors (Lipinski definition) is 9. The summed E-state index contributed by atoms with van der Waals surface area (Å²) in [6, 6.07) is 0.728. The van der Waals surface area contributed by atoms with Gasteiger partial charge in [-0.2, -0.15) is 12.6 Å². The van der Waals surface area contributed by atoms with E-state index in [1.165, 1.54) is 24.3 Å². The number of benzene rings is 1. The van der Waals surface area contributed by atoms with Crippen molar-refractivity contribution in [1.29, 1.82) is 0 Å². The minimum absolute atomic E-state index is 0.0127. The molecule has 0 fully saturated rings. The van der Waals surface area contributed by atoms with Gasteiger partial charge in [-0.1, -0.05) is 18.6 Å². The van der Waals surface area contributed by atoms with Crippen LogP contribution < -0.4 is 33.2 Å². The van der Waals surface area contributed by atoms with Crippen LogP contribution >= 0.6 is 12.6 Å². The van der Waals surface area contributed by atoms with Gasteiger partial charge in [0.1, 0.15) is 23.9 Å². The number of unbranched alkanes of at least 4 members (excludes halogenated alkanes) is 1. The van der Waals surface area contributed by atoms with E-state index in [2.05, 4.69) is 28.6 Å². The van der Waals surface area contributed by atoms with Crippen molar-refractivity contribution in [3.63, 3.8) is 0 Å². The first-order valence-corrected chi connectivity index (χ1v) is 11.9. The van der Waals surface area contributed by atoms with Gasteiger partial charge in [0.2, 0.25) is 23.6 Å². The first-order valence-electron chi connectivity index (χ1n) is 11.2. The molecule has 0 aromatic heterocycles. The Balaban J connectivity index is 2.87. The number of carbonyl (C=O) groups excluding carboxylic acids is 4. The van der Waals surface area contributed by atoms with E-state index >= 15 is 0 Å². The van der Waals surface area contributed by atoms with Crippen molar-refractivity contribution in [3.05, 3.63) is 29.8 Å². The van der Waals surface area contributed by atoms with Gasteiger partial charge in [-0.25, -0.2) is 4.79 Å². The highest BCUT2D eigenvalue weighted by molar-refractivity contribution is 7.80. The molecule has 1 rings (SSSR count). The van der Waals surface area contributed by atoms with Gasteiger partial charge in [0.15, 0.2) is 0 Å². The molecule has 200 valence electrons. The van der Waals surface area contributed by atoms with E-state index in [0.29, 0.717) is 31.4 Å². The van der Waals surface area contributed by atoms with Crippen molar-refractivity contribution in [3.8, 4) is 5.75 Å². The molecule has 0 spiro atoms. The number of carboxylic acids is 1. The molecule has 0 heterocycles. The lowest BCUT2D eigenvalue weighted by atomic mass is 10.0. The number of carbonyl (C=O) groups is 5. The SMILES string of the molecule is NCCCCC(N)C(=O)NC(CS)C(=O)NC(CC(N)=O)C(=O)NC(Cc1ccc(O)cc1)C(=O)O. The largest absolute Gasteiger partial charge is 0.508 e. The highest BCUT2D eigenvalue weighted by Gasteiger charge is 2.31. The lowest BCUT2D eigenvalue weighted by Gasteiger charge is -2.24. The minimum Gasteiger partial charge on any atom is -0.508 e. The number of amides is 4. The molecule has 14 heteroatoms. The number of aromatic hydroxyl groups is 1. The zero-order valence-corrected chi connectivity index (χ0v) is 20.6. The number of phenolic OH excluding ortho intramolecular Hbond substituents is 1. The summed E-state index contributed by atoms with van der Waals surface area (Å²) in [6.07, 6.45) is 0.920. The number of nitrogens with two attached hydrogens (primary N) is 3. The Morgan fingerprint density at radius 3 is 1.97 bits per heavy atom. The Hall–Kier alpha value is -3.36. The Morgan fingerprint density at radius 2 is 1.44 bits per heavy atom. The van der Waals surface area contributed by atoms with E-state index < -0.39 is 60.2 Å². The first-order chi connectivity index (χ1) is 17.0. The van der Waals surface area contributed by atoms with Gasteiger partial charge < -0.3 is 43.4 Å². The summed E-state index contributed by atoms with van der Waals surface area (Å²) < 4.78 is 0. The fourth-order valence-corrected chi connectivity index (χ4v) is 3.39. The van der Waals surface area contributed by atoms with E-state index in [4.69, 9.17) is 17.2 Å². The van der Waals surface area contributed by atoms with Gasteiger partial charge >= 0.3 is 5.97 Å². The number of hydrogen-bond donors (Lipinski definition) is 9. The molecule has 4 unspecified atom stereocenters. The Morgan fingerprint density at radius 1 is 0.889 bits per heavy atom. The monoisotopic (exact) mass is 526 g/mol. The smallest absolute Gasteiger partial charge is 0.326 e. The number of carboxylic acid groups (broad SMARTS) is 1. The maximum absolute atomic E-state index is 12.8. The Kier molecular flexibility index (Phi) is 13.3. The Bertz CT molecular complexity index is 915. The maximum Gasteiger partial charge on any atom is 0.326 e.